The zero-order valence-electron chi connectivity index (χ0n) is 14.4. The summed E-state index contributed by atoms with van der Waals surface area (Å²) >= 11 is 6.00. The Balaban J connectivity index is 1.50. The van der Waals surface area contributed by atoms with E-state index in [1.165, 1.54) is 17.3 Å². The first-order valence-corrected chi connectivity index (χ1v) is 8.92. The van der Waals surface area contributed by atoms with Gasteiger partial charge >= 0.3 is 6.09 Å². The molecule has 1 aliphatic rings. The number of fused-ring (bicyclic) bond motifs is 3. The van der Waals surface area contributed by atoms with Crippen LogP contribution in [0.3, 0.4) is 0 Å². The Morgan fingerprint density at radius 1 is 1.11 bits per heavy atom. The summed E-state index contributed by atoms with van der Waals surface area (Å²) in [6.45, 7) is 0.0220. The van der Waals surface area contributed by atoms with Crippen molar-refractivity contribution in [3.8, 4) is 11.1 Å². The third-order valence-electron chi connectivity index (χ3n) is 4.66. The van der Waals surface area contributed by atoms with Gasteiger partial charge in [0, 0.05) is 12.1 Å². The third-order valence-corrected chi connectivity index (χ3v) is 4.96. The normalized spacial score (nSPS) is 12.4. The standard InChI is InChI=1S/C21H17ClN2O3/c22-20-19(9-13(11-25)10-23-20)24-21(26)27-12-18-16-7-3-1-5-14(16)15-6-2-4-8-17(15)18/h1-10,18,25H,11-12H2,(H,24,26). The minimum atomic E-state index is -0.615. The Bertz CT molecular complexity index is 961. The van der Waals surface area contributed by atoms with Gasteiger partial charge in [-0.2, -0.15) is 0 Å². The molecule has 2 N–H and O–H groups in total. The fourth-order valence-electron chi connectivity index (χ4n) is 3.41. The van der Waals surface area contributed by atoms with E-state index in [9.17, 15) is 9.90 Å². The number of pyridine rings is 1. The number of rotatable bonds is 4. The van der Waals surface area contributed by atoms with Crippen LogP contribution in [-0.2, 0) is 11.3 Å². The lowest BCUT2D eigenvalue weighted by molar-refractivity contribution is 0.158. The van der Waals surface area contributed by atoms with Crippen molar-refractivity contribution in [3.05, 3.63) is 82.6 Å². The third kappa shape index (κ3) is 3.39. The monoisotopic (exact) mass is 380 g/mol. The quantitative estimate of drug-likeness (QED) is 0.649. The predicted octanol–water partition coefficient (Wildman–Crippen LogP) is 4.59. The molecule has 0 fully saturated rings. The van der Waals surface area contributed by atoms with E-state index in [4.69, 9.17) is 16.3 Å². The van der Waals surface area contributed by atoms with Crippen LogP contribution in [0.4, 0.5) is 10.5 Å². The van der Waals surface area contributed by atoms with Crippen molar-refractivity contribution in [3.63, 3.8) is 0 Å². The molecule has 2 aromatic carbocycles. The van der Waals surface area contributed by atoms with Crippen molar-refractivity contribution in [2.24, 2.45) is 0 Å². The fraction of sp³-hybridized carbons (Fsp3) is 0.143. The molecule has 0 radical (unpaired) electrons. The van der Waals surface area contributed by atoms with Crippen LogP contribution in [0.2, 0.25) is 5.15 Å². The molecule has 5 nitrogen and oxygen atoms in total. The number of ether oxygens (including phenoxy) is 1. The molecule has 27 heavy (non-hydrogen) atoms. The molecule has 4 rings (SSSR count). The van der Waals surface area contributed by atoms with Crippen molar-refractivity contribution < 1.29 is 14.6 Å². The lowest BCUT2D eigenvalue weighted by Crippen LogP contribution is -2.18. The first kappa shape index (κ1) is 17.5. The van der Waals surface area contributed by atoms with Gasteiger partial charge in [0.05, 0.1) is 12.3 Å². The maximum absolute atomic E-state index is 12.3. The molecule has 0 saturated heterocycles. The van der Waals surface area contributed by atoms with Gasteiger partial charge in [0.25, 0.3) is 0 Å². The molecular weight excluding hydrogens is 364 g/mol. The van der Waals surface area contributed by atoms with Crippen molar-refractivity contribution in [1.82, 2.24) is 4.98 Å². The molecule has 0 unspecified atom stereocenters. The second-order valence-corrected chi connectivity index (χ2v) is 6.65. The molecule has 3 aromatic rings. The number of benzene rings is 2. The highest BCUT2D eigenvalue weighted by molar-refractivity contribution is 6.32. The topological polar surface area (TPSA) is 71.5 Å². The van der Waals surface area contributed by atoms with Gasteiger partial charge in [-0.15, -0.1) is 0 Å². The minimum absolute atomic E-state index is 0.0134. The maximum atomic E-state index is 12.3. The van der Waals surface area contributed by atoms with Crippen molar-refractivity contribution >= 4 is 23.4 Å². The molecule has 0 saturated carbocycles. The number of nitrogens with one attached hydrogen (secondary N) is 1. The Morgan fingerprint density at radius 3 is 2.37 bits per heavy atom. The van der Waals surface area contributed by atoms with Crippen LogP contribution in [0.5, 0.6) is 0 Å². The second-order valence-electron chi connectivity index (χ2n) is 6.29. The van der Waals surface area contributed by atoms with Gasteiger partial charge in [-0.3, -0.25) is 5.32 Å². The van der Waals surface area contributed by atoms with E-state index >= 15 is 0 Å². The maximum Gasteiger partial charge on any atom is 0.411 e. The summed E-state index contributed by atoms with van der Waals surface area (Å²) in [5.74, 6) is -0.0134. The number of aliphatic hydroxyl groups excluding tert-OH is 1. The second kappa shape index (κ2) is 7.39. The van der Waals surface area contributed by atoms with E-state index in [1.807, 2.05) is 24.3 Å². The zero-order valence-corrected chi connectivity index (χ0v) is 15.1. The van der Waals surface area contributed by atoms with Crippen LogP contribution < -0.4 is 5.32 Å². The molecule has 1 aromatic heterocycles. The van der Waals surface area contributed by atoms with Gasteiger partial charge in [0.2, 0.25) is 0 Å². The Kier molecular flexibility index (Phi) is 4.79. The summed E-state index contributed by atoms with van der Waals surface area (Å²) in [5, 5.41) is 11.9. The number of hydrogen-bond donors (Lipinski definition) is 2. The number of carbonyl (C=O) groups excluding carboxylic acids is 1. The van der Waals surface area contributed by atoms with E-state index in [0.29, 0.717) is 11.3 Å². The number of carbonyl (C=O) groups is 1. The number of aliphatic hydroxyl groups is 1. The van der Waals surface area contributed by atoms with E-state index in [-0.39, 0.29) is 24.3 Å². The van der Waals surface area contributed by atoms with E-state index < -0.39 is 6.09 Å². The largest absolute Gasteiger partial charge is 0.448 e. The Hall–Kier alpha value is -2.89. The van der Waals surface area contributed by atoms with Crippen molar-refractivity contribution in [2.45, 2.75) is 12.5 Å². The van der Waals surface area contributed by atoms with Crippen molar-refractivity contribution in [1.29, 1.82) is 0 Å². The highest BCUT2D eigenvalue weighted by Crippen LogP contribution is 2.44. The van der Waals surface area contributed by atoms with Gasteiger partial charge in [-0.25, -0.2) is 9.78 Å². The smallest absolute Gasteiger partial charge is 0.411 e. The van der Waals surface area contributed by atoms with Crippen LogP contribution in [-0.4, -0.2) is 22.8 Å². The van der Waals surface area contributed by atoms with Crippen LogP contribution in [0.1, 0.15) is 22.6 Å². The lowest BCUT2D eigenvalue weighted by atomic mass is 9.98. The SMILES string of the molecule is O=C(Nc1cc(CO)cnc1Cl)OCC1c2ccccc2-c2ccccc21. The average Bonchev–Trinajstić information content (AvgIpc) is 3.02. The molecule has 1 heterocycles. The molecule has 136 valence electrons. The number of anilines is 1. The Labute approximate surface area is 161 Å². The highest BCUT2D eigenvalue weighted by atomic mass is 35.5. The molecule has 1 aliphatic carbocycles. The average molecular weight is 381 g/mol. The van der Waals surface area contributed by atoms with E-state index in [0.717, 1.165) is 11.1 Å². The molecule has 0 bridgehead atoms. The van der Waals surface area contributed by atoms with E-state index in [2.05, 4.69) is 34.6 Å². The minimum Gasteiger partial charge on any atom is -0.448 e. The van der Waals surface area contributed by atoms with Gasteiger partial charge in [-0.05, 0) is 33.9 Å². The van der Waals surface area contributed by atoms with Crippen molar-refractivity contribution in [2.75, 3.05) is 11.9 Å². The Morgan fingerprint density at radius 2 is 1.74 bits per heavy atom. The molecule has 0 atom stereocenters. The first-order chi connectivity index (χ1) is 13.2. The van der Waals surface area contributed by atoms with Gasteiger partial charge in [0.15, 0.2) is 5.15 Å². The summed E-state index contributed by atoms with van der Waals surface area (Å²) in [6.07, 6.45) is 0.835. The number of aromatic nitrogens is 1. The lowest BCUT2D eigenvalue weighted by Gasteiger charge is -2.15. The zero-order chi connectivity index (χ0) is 18.8. The predicted molar refractivity (Wildman–Crippen MR) is 104 cm³/mol. The molecule has 0 spiro atoms. The molecule has 0 aliphatic heterocycles. The molecule has 6 heteroatoms. The summed E-state index contributed by atoms with van der Waals surface area (Å²) in [5.41, 5.74) is 5.49. The van der Waals surface area contributed by atoms with Gasteiger partial charge < -0.3 is 9.84 Å². The van der Waals surface area contributed by atoms with Crippen LogP contribution in [0.15, 0.2) is 60.8 Å². The first-order valence-electron chi connectivity index (χ1n) is 8.54. The fourth-order valence-corrected chi connectivity index (χ4v) is 3.56. The van der Waals surface area contributed by atoms with Gasteiger partial charge in [-0.1, -0.05) is 60.1 Å². The van der Waals surface area contributed by atoms with Gasteiger partial charge in [0.1, 0.15) is 6.61 Å². The summed E-state index contributed by atoms with van der Waals surface area (Å²) in [4.78, 5) is 16.2. The number of amides is 1. The molecule has 1 amide bonds. The summed E-state index contributed by atoms with van der Waals surface area (Å²) < 4.78 is 5.47. The van der Waals surface area contributed by atoms with Crippen LogP contribution >= 0.6 is 11.6 Å². The number of nitrogens with zero attached hydrogens (tertiary/aromatic N) is 1. The summed E-state index contributed by atoms with van der Waals surface area (Å²) in [7, 11) is 0. The number of hydrogen-bond acceptors (Lipinski definition) is 4. The van der Waals surface area contributed by atoms with Crippen LogP contribution in [0.25, 0.3) is 11.1 Å². The highest BCUT2D eigenvalue weighted by Gasteiger charge is 2.29. The van der Waals surface area contributed by atoms with E-state index in [1.54, 1.807) is 6.07 Å². The summed E-state index contributed by atoms with van der Waals surface area (Å²) in [6, 6.07) is 17.9. The number of halogens is 1. The molecular formula is C21H17ClN2O3. The van der Waals surface area contributed by atoms with Crippen LogP contribution in [0, 0.1) is 0 Å².